The van der Waals surface area contributed by atoms with Crippen molar-refractivity contribution in [3.05, 3.63) is 216 Å². The zero-order valence-corrected chi connectivity index (χ0v) is 31.8. The van der Waals surface area contributed by atoms with E-state index < -0.39 is 5.41 Å². The summed E-state index contributed by atoms with van der Waals surface area (Å²) in [6.07, 6.45) is 0. The van der Waals surface area contributed by atoms with Crippen molar-refractivity contribution in [3.8, 4) is 67.1 Å². The third kappa shape index (κ3) is 3.96. The van der Waals surface area contributed by atoms with Gasteiger partial charge >= 0.3 is 0 Å². The van der Waals surface area contributed by atoms with Crippen LogP contribution in [-0.4, -0.2) is 0 Å². The summed E-state index contributed by atoms with van der Waals surface area (Å²) in [5.41, 5.74) is 18.9. The molecular weight excluding hydrogens is 717 g/mol. The van der Waals surface area contributed by atoms with Gasteiger partial charge in [0.25, 0.3) is 0 Å². The van der Waals surface area contributed by atoms with E-state index in [2.05, 4.69) is 182 Å². The molecule has 0 bridgehead atoms. The maximum absolute atomic E-state index is 6.75. The van der Waals surface area contributed by atoms with Gasteiger partial charge in [0, 0.05) is 27.3 Å². The smallest absolute Gasteiger partial charge is 0.143 e. The van der Waals surface area contributed by atoms with E-state index in [1.807, 2.05) is 12.1 Å². The molecule has 1 aliphatic heterocycles. The standard InChI is InChI=1S/C57H32O2/c1-2-12-36-33(11-1)24-28-49-54(36)45-15-4-7-21-48(45)57(49)47-20-6-3-13-38(47)39-26-23-35(32-50(39)57)34-25-29-52-46(31-34)42-17-9-16-41-37(27-30-53(58-52)55(41)42)43-18-10-19-44-40-14-5-8-22-51(40)59-56(43)44/h1-32H. The van der Waals surface area contributed by atoms with E-state index in [1.54, 1.807) is 0 Å². The summed E-state index contributed by atoms with van der Waals surface area (Å²) in [5, 5.41) is 7.10. The maximum Gasteiger partial charge on any atom is 0.143 e. The van der Waals surface area contributed by atoms with Gasteiger partial charge in [0.15, 0.2) is 0 Å². The van der Waals surface area contributed by atoms with Crippen molar-refractivity contribution in [2.45, 2.75) is 5.41 Å². The van der Waals surface area contributed by atoms with Gasteiger partial charge in [-0.25, -0.2) is 0 Å². The zero-order chi connectivity index (χ0) is 38.4. The van der Waals surface area contributed by atoms with Crippen molar-refractivity contribution in [2.75, 3.05) is 0 Å². The first kappa shape index (κ1) is 31.4. The van der Waals surface area contributed by atoms with Gasteiger partial charge in [-0.3, -0.25) is 0 Å². The number of hydrogen-bond donors (Lipinski definition) is 0. The largest absolute Gasteiger partial charge is 0.456 e. The first-order valence-corrected chi connectivity index (χ1v) is 20.4. The van der Waals surface area contributed by atoms with Crippen LogP contribution in [0.1, 0.15) is 22.3 Å². The molecule has 0 radical (unpaired) electrons. The van der Waals surface area contributed by atoms with Crippen LogP contribution >= 0.6 is 0 Å². The van der Waals surface area contributed by atoms with Crippen LogP contribution in [0, 0.1) is 0 Å². The van der Waals surface area contributed by atoms with E-state index in [0.29, 0.717) is 0 Å². The topological polar surface area (TPSA) is 22.4 Å². The number of benzene rings is 10. The first-order chi connectivity index (χ1) is 29.3. The molecule has 0 saturated carbocycles. The second kappa shape index (κ2) is 11.2. The quantitative estimate of drug-likeness (QED) is 0.176. The van der Waals surface area contributed by atoms with Crippen molar-refractivity contribution in [1.82, 2.24) is 0 Å². The van der Waals surface area contributed by atoms with E-state index in [-0.39, 0.29) is 0 Å². The molecule has 2 aliphatic carbocycles. The molecule has 1 atom stereocenters. The van der Waals surface area contributed by atoms with E-state index in [9.17, 15) is 0 Å². The predicted octanol–water partition coefficient (Wildman–Crippen LogP) is 15.3. The Labute approximate surface area is 340 Å². The van der Waals surface area contributed by atoms with Crippen LogP contribution in [-0.2, 0) is 5.41 Å². The summed E-state index contributed by atoms with van der Waals surface area (Å²) in [5.74, 6) is 1.75. The third-order valence-corrected chi connectivity index (χ3v) is 13.5. The number of furan rings is 1. The van der Waals surface area contributed by atoms with Crippen molar-refractivity contribution in [2.24, 2.45) is 0 Å². The average molecular weight is 749 g/mol. The minimum absolute atomic E-state index is 0.432. The number of fused-ring (bicyclic) bond motifs is 17. The fourth-order valence-corrected chi connectivity index (χ4v) is 11.1. The minimum atomic E-state index is -0.432. The molecule has 1 aromatic heterocycles. The highest BCUT2D eigenvalue weighted by molar-refractivity contribution is 6.15. The molecular formula is C57H32O2. The van der Waals surface area contributed by atoms with Gasteiger partial charge in [0.2, 0.25) is 0 Å². The van der Waals surface area contributed by atoms with E-state index in [0.717, 1.165) is 66.5 Å². The Morgan fingerprint density at radius 1 is 0.339 bits per heavy atom. The van der Waals surface area contributed by atoms with Crippen molar-refractivity contribution < 1.29 is 9.15 Å². The Balaban J connectivity index is 0.962. The monoisotopic (exact) mass is 748 g/mol. The molecule has 2 heterocycles. The molecule has 2 heteroatoms. The van der Waals surface area contributed by atoms with Gasteiger partial charge in [0.1, 0.15) is 22.7 Å². The minimum Gasteiger partial charge on any atom is -0.456 e. The second-order valence-electron chi connectivity index (χ2n) is 16.2. The van der Waals surface area contributed by atoms with Crippen molar-refractivity contribution in [1.29, 1.82) is 0 Å². The summed E-state index contributed by atoms with van der Waals surface area (Å²) in [6, 6.07) is 71.2. The van der Waals surface area contributed by atoms with Crippen LogP contribution in [0.15, 0.2) is 199 Å². The van der Waals surface area contributed by atoms with Gasteiger partial charge in [-0.05, 0) is 119 Å². The van der Waals surface area contributed by atoms with Crippen LogP contribution < -0.4 is 4.74 Å². The molecule has 272 valence electrons. The van der Waals surface area contributed by atoms with E-state index >= 15 is 0 Å². The first-order valence-electron chi connectivity index (χ1n) is 20.4. The number of rotatable bonds is 2. The highest BCUT2D eigenvalue weighted by atomic mass is 16.5. The average Bonchev–Trinajstić information content (AvgIpc) is 3.93. The number of ether oxygens (including phenoxy) is 1. The molecule has 0 saturated heterocycles. The molecule has 1 unspecified atom stereocenters. The summed E-state index contributed by atoms with van der Waals surface area (Å²) in [4.78, 5) is 0. The number of para-hydroxylation sites is 2. The lowest BCUT2D eigenvalue weighted by molar-refractivity contribution is 0.487. The SMILES string of the molecule is c1ccc2c(c1)-c1ccc(-c3ccc4c(c3)-c3cccc5c(-c6cccc7c6oc6ccccc67)ccc(c35)O4)cc1C21c2ccccc2-c2c1ccc1ccccc21. The van der Waals surface area contributed by atoms with E-state index in [4.69, 9.17) is 9.15 Å². The summed E-state index contributed by atoms with van der Waals surface area (Å²) >= 11 is 0. The molecule has 10 aromatic carbocycles. The summed E-state index contributed by atoms with van der Waals surface area (Å²) in [7, 11) is 0. The normalized spacial score (nSPS) is 15.3. The zero-order valence-electron chi connectivity index (χ0n) is 31.8. The van der Waals surface area contributed by atoms with Crippen LogP contribution in [0.2, 0.25) is 0 Å². The number of hydrogen-bond acceptors (Lipinski definition) is 2. The van der Waals surface area contributed by atoms with Gasteiger partial charge in [-0.2, -0.15) is 0 Å². The van der Waals surface area contributed by atoms with E-state index in [1.165, 1.54) is 66.4 Å². The Kier molecular flexibility index (Phi) is 5.99. The maximum atomic E-state index is 6.75. The van der Waals surface area contributed by atoms with Crippen molar-refractivity contribution in [3.63, 3.8) is 0 Å². The molecule has 0 amide bonds. The van der Waals surface area contributed by atoms with Crippen LogP contribution in [0.25, 0.3) is 99.1 Å². The van der Waals surface area contributed by atoms with Gasteiger partial charge in [-0.15, -0.1) is 0 Å². The molecule has 1 spiro atoms. The van der Waals surface area contributed by atoms with Crippen LogP contribution in [0.5, 0.6) is 11.5 Å². The molecule has 2 nitrogen and oxygen atoms in total. The van der Waals surface area contributed by atoms with Gasteiger partial charge in [-0.1, -0.05) is 158 Å². The molecule has 0 fully saturated rings. The lowest BCUT2D eigenvalue weighted by atomic mass is 9.70. The highest BCUT2D eigenvalue weighted by Crippen LogP contribution is 2.64. The fourth-order valence-electron chi connectivity index (χ4n) is 11.1. The van der Waals surface area contributed by atoms with Crippen LogP contribution in [0.3, 0.4) is 0 Å². The van der Waals surface area contributed by atoms with Gasteiger partial charge in [0.05, 0.1) is 5.41 Å². The molecule has 11 aromatic rings. The highest BCUT2D eigenvalue weighted by Gasteiger charge is 2.52. The summed E-state index contributed by atoms with van der Waals surface area (Å²) < 4.78 is 13.3. The predicted molar refractivity (Wildman–Crippen MR) is 241 cm³/mol. The van der Waals surface area contributed by atoms with Crippen LogP contribution in [0.4, 0.5) is 0 Å². The molecule has 59 heavy (non-hydrogen) atoms. The summed E-state index contributed by atoms with van der Waals surface area (Å²) in [6.45, 7) is 0. The Hall–Kier alpha value is -7.68. The Morgan fingerprint density at radius 2 is 0.983 bits per heavy atom. The van der Waals surface area contributed by atoms with Gasteiger partial charge < -0.3 is 9.15 Å². The molecule has 0 N–H and O–H groups in total. The molecule has 14 rings (SSSR count). The van der Waals surface area contributed by atoms with Crippen molar-refractivity contribution >= 4 is 43.5 Å². The Morgan fingerprint density at radius 3 is 1.90 bits per heavy atom. The molecule has 3 aliphatic rings. The lowest BCUT2D eigenvalue weighted by Gasteiger charge is -2.31. The fraction of sp³-hybridized carbons (Fsp3) is 0.0175. The second-order valence-corrected chi connectivity index (χ2v) is 16.2. The lowest BCUT2D eigenvalue weighted by Crippen LogP contribution is -2.25. The third-order valence-electron chi connectivity index (χ3n) is 13.5. The Bertz CT molecular complexity index is 3660.